The number of aromatic nitrogens is 1. The lowest BCUT2D eigenvalue weighted by molar-refractivity contribution is -0.117. The number of rotatable bonds is 6. The molecule has 0 saturated carbocycles. The van der Waals surface area contributed by atoms with Crippen molar-refractivity contribution in [3.8, 4) is 5.75 Å². The van der Waals surface area contributed by atoms with Crippen LogP contribution in [0.2, 0.25) is 0 Å². The SMILES string of the molecule is COc1ccc(CCC(=O)N(c2ccccc2)c2nc(C)cs2)cc1. The van der Waals surface area contributed by atoms with Crippen molar-refractivity contribution in [1.29, 1.82) is 0 Å². The third kappa shape index (κ3) is 4.25. The van der Waals surface area contributed by atoms with Crippen LogP contribution < -0.4 is 9.64 Å². The molecule has 0 N–H and O–H groups in total. The van der Waals surface area contributed by atoms with Gasteiger partial charge >= 0.3 is 0 Å². The fourth-order valence-electron chi connectivity index (χ4n) is 2.54. The van der Waals surface area contributed by atoms with E-state index in [1.807, 2.05) is 66.9 Å². The molecule has 128 valence electrons. The standard InChI is InChI=1S/C20H20N2O2S/c1-15-14-25-20(21-15)22(17-6-4-3-5-7-17)19(23)13-10-16-8-11-18(24-2)12-9-16/h3-9,11-12,14H,10,13H2,1-2H3. The molecule has 0 atom stereocenters. The topological polar surface area (TPSA) is 42.4 Å². The quantitative estimate of drug-likeness (QED) is 0.642. The average molecular weight is 352 g/mol. The number of nitrogens with zero attached hydrogens (tertiary/aromatic N) is 2. The number of carbonyl (C=O) groups excluding carboxylic acids is 1. The highest BCUT2D eigenvalue weighted by molar-refractivity contribution is 7.14. The molecule has 4 nitrogen and oxygen atoms in total. The molecule has 5 heteroatoms. The Labute approximate surface area is 151 Å². The van der Waals surface area contributed by atoms with Crippen LogP contribution in [0.5, 0.6) is 5.75 Å². The van der Waals surface area contributed by atoms with Crippen LogP contribution in [0.4, 0.5) is 10.8 Å². The monoisotopic (exact) mass is 352 g/mol. The van der Waals surface area contributed by atoms with E-state index in [1.165, 1.54) is 11.3 Å². The Bertz CT molecular complexity index is 828. The van der Waals surface area contributed by atoms with Crippen molar-refractivity contribution in [2.45, 2.75) is 19.8 Å². The minimum Gasteiger partial charge on any atom is -0.497 e. The zero-order valence-electron chi connectivity index (χ0n) is 14.3. The number of methoxy groups -OCH3 is 1. The van der Waals surface area contributed by atoms with Crippen LogP contribution in [0.25, 0.3) is 0 Å². The molecular weight excluding hydrogens is 332 g/mol. The van der Waals surface area contributed by atoms with Crippen LogP contribution >= 0.6 is 11.3 Å². The smallest absolute Gasteiger partial charge is 0.233 e. The van der Waals surface area contributed by atoms with E-state index in [1.54, 1.807) is 12.0 Å². The Morgan fingerprint density at radius 3 is 2.44 bits per heavy atom. The van der Waals surface area contributed by atoms with Crippen LogP contribution in [0.15, 0.2) is 60.0 Å². The molecule has 25 heavy (non-hydrogen) atoms. The van der Waals surface area contributed by atoms with E-state index in [9.17, 15) is 4.79 Å². The van der Waals surface area contributed by atoms with E-state index in [4.69, 9.17) is 4.74 Å². The van der Waals surface area contributed by atoms with Gasteiger partial charge in [-0.3, -0.25) is 9.69 Å². The number of ether oxygens (including phenoxy) is 1. The summed E-state index contributed by atoms with van der Waals surface area (Å²) < 4.78 is 5.17. The Morgan fingerprint density at radius 1 is 1.12 bits per heavy atom. The lowest BCUT2D eigenvalue weighted by Gasteiger charge is -2.20. The van der Waals surface area contributed by atoms with Gasteiger partial charge in [-0.05, 0) is 43.2 Å². The third-order valence-electron chi connectivity index (χ3n) is 3.85. The molecule has 0 saturated heterocycles. The molecule has 0 aliphatic heterocycles. The maximum absolute atomic E-state index is 12.9. The van der Waals surface area contributed by atoms with Crippen molar-refractivity contribution in [2.24, 2.45) is 0 Å². The summed E-state index contributed by atoms with van der Waals surface area (Å²) in [4.78, 5) is 19.1. The summed E-state index contributed by atoms with van der Waals surface area (Å²) in [6.07, 6.45) is 1.09. The highest BCUT2D eigenvalue weighted by atomic mass is 32.1. The maximum Gasteiger partial charge on any atom is 0.233 e. The van der Waals surface area contributed by atoms with Gasteiger partial charge in [-0.25, -0.2) is 4.98 Å². The molecule has 3 aromatic rings. The molecule has 1 aromatic heterocycles. The fourth-order valence-corrected chi connectivity index (χ4v) is 3.38. The minimum absolute atomic E-state index is 0.0383. The number of benzene rings is 2. The van der Waals surface area contributed by atoms with Gasteiger partial charge in [0, 0.05) is 11.8 Å². The number of amides is 1. The van der Waals surface area contributed by atoms with Crippen LogP contribution in [0, 0.1) is 6.92 Å². The number of aryl methyl sites for hydroxylation is 2. The molecule has 0 fully saturated rings. The van der Waals surface area contributed by atoms with E-state index in [2.05, 4.69) is 4.98 Å². The van der Waals surface area contributed by atoms with Crippen molar-refractivity contribution >= 4 is 28.1 Å². The first-order chi connectivity index (χ1) is 12.2. The lowest BCUT2D eigenvalue weighted by Crippen LogP contribution is -2.26. The van der Waals surface area contributed by atoms with Crippen LogP contribution in [0.1, 0.15) is 17.7 Å². The zero-order valence-corrected chi connectivity index (χ0v) is 15.1. The second kappa shape index (κ2) is 7.94. The molecule has 0 aliphatic rings. The highest BCUT2D eigenvalue weighted by Crippen LogP contribution is 2.29. The van der Waals surface area contributed by atoms with Crippen LogP contribution in [0.3, 0.4) is 0 Å². The second-order valence-corrected chi connectivity index (χ2v) is 6.52. The molecule has 1 heterocycles. The summed E-state index contributed by atoms with van der Waals surface area (Å²) in [7, 11) is 1.65. The Kier molecular flexibility index (Phi) is 5.46. The molecule has 0 aliphatic carbocycles. The third-order valence-corrected chi connectivity index (χ3v) is 4.79. The summed E-state index contributed by atoms with van der Waals surface area (Å²) in [5.74, 6) is 0.857. The normalized spacial score (nSPS) is 10.5. The Hall–Kier alpha value is -2.66. The largest absolute Gasteiger partial charge is 0.497 e. The van der Waals surface area contributed by atoms with Gasteiger partial charge in [0.25, 0.3) is 0 Å². The van der Waals surface area contributed by atoms with Crippen LogP contribution in [-0.4, -0.2) is 18.0 Å². The summed E-state index contributed by atoms with van der Waals surface area (Å²) >= 11 is 1.48. The first-order valence-electron chi connectivity index (χ1n) is 8.10. The predicted molar refractivity (Wildman–Crippen MR) is 102 cm³/mol. The van der Waals surface area contributed by atoms with Gasteiger partial charge in [-0.1, -0.05) is 30.3 Å². The summed E-state index contributed by atoms with van der Waals surface area (Å²) in [6, 6.07) is 17.5. The molecule has 0 spiro atoms. The van der Waals surface area contributed by atoms with E-state index in [0.717, 1.165) is 22.7 Å². The number of para-hydroxylation sites is 1. The van der Waals surface area contributed by atoms with Gasteiger partial charge in [0.15, 0.2) is 5.13 Å². The lowest BCUT2D eigenvalue weighted by atomic mass is 10.1. The summed E-state index contributed by atoms with van der Waals surface area (Å²) in [6.45, 7) is 1.94. The fraction of sp³-hybridized carbons (Fsp3) is 0.200. The van der Waals surface area contributed by atoms with Gasteiger partial charge in [-0.2, -0.15) is 0 Å². The number of hydrogen-bond acceptors (Lipinski definition) is 4. The van der Waals surface area contributed by atoms with Crippen LogP contribution in [-0.2, 0) is 11.2 Å². The second-order valence-electron chi connectivity index (χ2n) is 5.68. The van der Waals surface area contributed by atoms with Crippen molar-refractivity contribution in [2.75, 3.05) is 12.0 Å². The summed E-state index contributed by atoms with van der Waals surface area (Å²) in [5.41, 5.74) is 2.87. The average Bonchev–Trinajstić information content (AvgIpc) is 3.07. The number of carbonyl (C=O) groups is 1. The van der Waals surface area contributed by atoms with E-state index in [-0.39, 0.29) is 5.91 Å². The van der Waals surface area contributed by atoms with Gasteiger partial charge in [0.05, 0.1) is 18.5 Å². The summed E-state index contributed by atoms with van der Waals surface area (Å²) in [5, 5.41) is 2.67. The minimum atomic E-state index is 0.0383. The maximum atomic E-state index is 12.9. The molecule has 0 unspecified atom stereocenters. The molecule has 0 radical (unpaired) electrons. The van der Waals surface area contributed by atoms with Crippen molar-refractivity contribution in [3.63, 3.8) is 0 Å². The Balaban J connectivity index is 1.77. The van der Waals surface area contributed by atoms with Gasteiger partial charge in [-0.15, -0.1) is 11.3 Å². The zero-order chi connectivity index (χ0) is 17.6. The first kappa shape index (κ1) is 17.2. The van der Waals surface area contributed by atoms with E-state index >= 15 is 0 Å². The molecule has 0 bridgehead atoms. The first-order valence-corrected chi connectivity index (χ1v) is 8.98. The van der Waals surface area contributed by atoms with Crippen molar-refractivity contribution < 1.29 is 9.53 Å². The molecule has 1 amide bonds. The van der Waals surface area contributed by atoms with E-state index in [0.29, 0.717) is 18.0 Å². The van der Waals surface area contributed by atoms with E-state index < -0.39 is 0 Å². The number of hydrogen-bond donors (Lipinski definition) is 0. The van der Waals surface area contributed by atoms with Gasteiger partial charge in [0.2, 0.25) is 5.91 Å². The van der Waals surface area contributed by atoms with Crippen molar-refractivity contribution in [3.05, 3.63) is 71.2 Å². The van der Waals surface area contributed by atoms with Gasteiger partial charge < -0.3 is 4.74 Å². The van der Waals surface area contributed by atoms with Crippen molar-refractivity contribution in [1.82, 2.24) is 4.98 Å². The molecule has 2 aromatic carbocycles. The number of anilines is 2. The Morgan fingerprint density at radius 2 is 1.84 bits per heavy atom. The number of thiazole rings is 1. The predicted octanol–water partition coefficient (Wildman–Crippen LogP) is 4.76. The van der Waals surface area contributed by atoms with Gasteiger partial charge in [0.1, 0.15) is 5.75 Å². The molecular formula is C20H20N2O2S. The highest BCUT2D eigenvalue weighted by Gasteiger charge is 2.20. The molecule has 3 rings (SSSR count).